The van der Waals surface area contributed by atoms with Gasteiger partial charge in [0.25, 0.3) is 5.91 Å². The normalized spacial score (nSPS) is 8.58. The fourth-order valence-corrected chi connectivity index (χ4v) is 0.725. The number of amides is 1. The second-order valence-corrected chi connectivity index (χ2v) is 2.15. The summed E-state index contributed by atoms with van der Waals surface area (Å²) in [5.41, 5.74) is 0.793. The molecule has 0 aliphatic heterocycles. The largest absolute Gasteiger partial charge is 0.340 e. The Labute approximate surface area is 70.8 Å². The Morgan fingerprint density at radius 3 is 3.08 bits per heavy atom. The number of rotatable bonds is 2. The summed E-state index contributed by atoms with van der Waals surface area (Å²) in [4.78, 5) is 14.6. The van der Waals surface area contributed by atoms with Crippen molar-refractivity contribution in [2.24, 2.45) is 0 Å². The van der Waals surface area contributed by atoms with Crippen LogP contribution in [-0.2, 0) is 11.3 Å². The molecule has 0 radical (unpaired) electrons. The Balaban J connectivity index is 2.45. The van der Waals surface area contributed by atoms with Gasteiger partial charge in [-0.05, 0) is 18.1 Å². The van der Waals surface area contributed by atoms with Gasteiger partial charge in [-0.2, -0.15) is 0 Å². The first-order valence-corrected chi connectivity index (χ1v) is 3.47. The molecule has 3 nitrogen and oxygen atoms in total. The molecule has 0 saturated carbocycles. The van der Waals surface area contributed by atoms with E-state index in [2.05, 4.69) is 10.3 Å². The van der Waals surface area contributed by atoms with Gasteiger partial charge in [-0.15, -0.1) is 6.42 Å². The zero-order valence-corrected chi connectivity index (χ0v) is 6.45. The van der Waals surface area contributed by atoms with E-state index in [1.807, 2.05) is 24.1 Å². The van der Waals surface area contributed by atoms with Crippen LogP contribution in [0, 0.1) is 12.3 Å². The average molecular weight is 160 g/mol. The van der Waals surface area contributed by atoms with Crippen LogP contribution in [-0.4, -0.2) is 10.9 Å². The maximum Gasteiger partial charge on any atom is 0.295 e. The van der Waals surface area contributed by atoms with Crippen molar-refractivity contribution in [3.63, 3.8) is 0 Å². The van der Waals surface area contributed by atoms with E-state index < -0.39 is 5.91 Å². The van der Waals surface area contributed by atoms with Crippen LogP contribution in [0.25, 0.3) is 0 Å². The molecule has 0 aromatic carbocycles. The molecule has 1 heterocycles. The zero-order chi connectivity index (χ0) is 8.81. The number of nitrogens with one attached hydrogen (secondary N) is 1. The Bertz CT molecular complexity index is 300. The summed E-state index contributed by atoms with van der Waals surface area (Å²) in [5.74, 6) is 1.54. The third-order valence-corrected chi connectivity index (χ3v) is 1.29. The Kier molecular flexibility index (Phi) is 2.86. The molecule has 0 fully saturated rings. The molecule has 60 valence electrons. The van der Waals surface area contributed by atoms with Crippen LogP contribution in [0.4, 0.5) is 0 Å². The van der Waals surface area contributed by atoms with Crippen molar-refractivity contribution < 1.29 is 4.79 Å². The SMILES string of the molecule is C#CC(=O)NCc1ccccn1. The molecule has 1 aromatic rings. The summed E-state index contributed by atoms with van der Waals surface area (Å²) in [6, 6.07) is 5.48. The van der Waals surface area contributed by atoms with Crippen LogP contribution in [0.2, 0.25) is 0 Å². The molecule has 1 aromatic heterocycles. The van der Waals surface area contributed by atoms with Crippen molar-refractivity contribution >= 4 is 5.91 Å². The maximum absolute atomic E-state index is 10.6. The van der Waals surface area contributed by atoms with Crippen molar-refractivity contribution in [3.8, 4) is 12.3 Å². The first-order valence-electron chi connectivity index (χ1n) is 3.47. The molecule has 1 rings (SSSR count). The Morgan fingerprint density at radius 2 is 2.50 bits per heavy atom. The van der Waals surface area contributed by atoms with Crippen molar-refractivity contribution in [2.75, 3.05) is 0 Å². The number of carbonyl (C=O) groups excluding carboxylic acids is 1. The van der Waals surface area contributed by atoms with Crippen LogP contribution >= 0.6 is 0 Å². The number of nitrogens with zero attached hydrogens (tertiary/aromatic N) is 1. The molecule has 0 aliphatic rings. The summed E-state index contributed by atoms with van der Waals surface area (Å²) >= 11 is 0. The van der Waals surface area contributed by atoms with Gasteiger partial charge in [0.2, 0.25) is 0 Å². The molecule has 0 spiro atoms. The summed E-state index contributed by atoms with van der Waals surface area (Å²) in [5, 5.41) is 2.51. The minimum Gasteiger partial charge on any atom is -0.340 e. The van der Waals surface area contributed by atoms with Gasteiger partial charge in [-0.25, -0.2) is 0 Å². The van der Waals surface area contributed by atoms with Gasteiger partial charge in [-0.1, -0.05) is 6.07 Å². The lowest BCUT2D eigenvalue weighted by molar-refractivity contribution is -0.115. The van der Waals surface area contributed by atoms with Gasteiger partial charge in [0.05, 0.1) is 12.2 Å². The minimum atomic E-state index is -0.416. The Morgan fingerprint density at radius 1 is 1.67 bits per heavy atom. The number of aromatic nitrogens is 1. The fraction of sp³-hybridized carbons (Fsp3) is 0.111. The van der Waals surface area contributed by atoms with Crippen LogP contribution in [0.15, 0.2) is 24.4 Å². The molecule has 1 amide bonds. The maximum atomic E-state index is 10.6. The standard InChI is InChI=1S/C9H8N2O/c1-2-9(12)11-7-8-5-3-4-6-10-8/h1,3-6H,7H2,(H,11,12). The molecule has 0 bridgehead atoms. The Hall–Kier alpha value is -1.82. The van der Waals surface area contributed by atoms with Crippen LogP contribution in [0.1, 0.15) is 5.69 Å². The number of hydrogen-bond donors (Lipinski definition) is 1. The molecule has 0 atom stereocenters. The highest BCUT2D eigenvalue weighted by molar-refractivity contribution is 5.92. The third kappa shape index (κ3) is 2.43. The van der Waals surface area contributed by atoms with E-state index in [1.165, 1.54) is 0 Å². The van der Waals surface area contributed by atoms with E-state index in [0.29, 0.717) is 6.54 Å². The third-order valence-electron chi connectivity index (χ3n) is 1.29. The highest BCUT2D eigenvalue weighted by Gasteiger charge is 1.94. The summed E-state index contributed by atoms with van der Waals surface area (Å²) in [6.07, 6.45) is 6.52. The number of terminal acetylenes is 1. The number of carbonyl (C=O) groups is 1. The first-order chi connectivity index (χ1) is 5.83. The quantitative estimate of drug-likeness (QED) is 0.633. The van der Waals surface area contributed by atoms with E-state index in [-0.39, 0.29) is 0 Å². The number of hydrogen-bond acceptors (Lipinski definition) is 2. The van der Waals surface area contributed by atoms with Crippen molar-refractivity contribution in [3.05, 3.63) is 30.1 Å². The van der Waals surface area contributed by atoms with Crippen LogP contribution < -0.4 is 5.32 Å². The van der Waals surface area contributed by atoms with Gasteiger partial charge in [0.15, 0.2) is 0 Å². The van der Waals surface area contributed by atoms with Crippen LogP contribution in [0.3, 0.4) is 0 Å². The summed E-state index contributed by atoms with van der Waals surface area (Å²) in [6.45, 7) is 0.379. The minimum absolute atomic E-state index is 0.379. The molecule has 0 saturated heterocycles. The van der Waals surface area contributed by atoms with E-state index in [0.717, 1.165) is 5.69 Å². The van der Waals surface area contributed by atoms with Gasteiger partial charge in [0, 0.05) is 6.20 Å². The molecule has 0 aliphatic carbocycles. The monoisotopic (exact) mass is 160 g/mol. The lowest BCUT2D eigenvalue weighted by Crippen LogP contribution is -2.20. The van der Waals surface area contributed by atoms with Gasteiger partial charge >= 0.3 is 0 Å². The second kappa shape index (κ2) is 4.14. The van der Waals surface area contributed by atoms with Gasteiger partial charge in [0.1, 0.15) is 0 Å². The van der Waals surface area contributed by atoms with E-state index in [9.17, 15) is 4.79 Å². The summed E-state index contributed by atoms with van der Waals surface area (Å²) < 4.78 is 0. The van der Waals surface area contributed by atoms with E-state index in [4.69, 9.17) is 6.42 Å². The average Bonchev–Trinajstić information content (AvgIpc) is 2.16. The highest BCUT2D eigenvalue weighted by Crippen LogP contribution is 1.90. The summed E-state index contributed by atoms with van der Waals surface area (Å²) in [7, 11) is 0. The second-order valence-electron chi connectivity index (χ2n) is 2.15. The molecule has 1 N–H and O–H groups in total. The molecular formula is C9H8N2O. The first kappa shape index (κ1) is 8.28. The van der Waals surface area contributed by atoms with E-state index >= 15 is 0 Å². The highest BCUT2D eigenvalue weighted by atomic mass is 16.1. The van der Waals surface area contributed by atoms with Crippen molar-refractivity contribution in [1.82, 2.24) is 10.3 Å². The zero-order valence-electron chi connectivity index (χ0n) is 6.45. The lowest BCUT2D eigenvalue weighted by atomic mass is 10.3. The van der Waals surface area contributed by atoms with Crippen molar-refractivity contribution in [2.45, 2.75) is 6.54 Å². The topological polar surface area (TPSA) is 42.0 Å². The number of pyridine rings is 1. The van der Waals surface area contributed by atoms with Crippen LogP contribution in [0.5, 0.6) is 0 Å². The predicted molar refractivity (Wildman–Crippen MR) is 44.9 cm³/mol. The smallest absolute Gasteiger partial charge is 0.295 e. The van der Waals surface area contributed by atoms with Gasteiger partial charge in [-0.3, -0.25) is 9.78 Å². The molecule has 3 heteroatoms. The lowest BCUT2D eigenvalue weighted by Gasteiger charge is -1.98. The molecule has 12 heavy (non-hydrogen) atoms. The van der Waals surface area contributed by atoms with Gasteiger partial charge < -0.3 is 5.32 Å². The fourth-order valence-electron chi connectivity index (χ4n) is 0.725. The van der Waals surface area contributed by atoms with Crippen molar-refractivity contribution in [1.29, 1.82) is 0 Å². The van der Waals surface area contributed by atoms with E-state index in [1.54, 1.807) is 6.20 Å². The predicted octanol–water partition coefficient (Wildman–Crippen LogP) is 0.331. The molecular weight excluding hydrogens is 152 g/mol. The molecule has 0 unspecified atom stereocenters.